The van der Waals surface area contributed by atoms with Crippen LogP contribution in [0.2, 0.25) is 0 Å². The normalized spacial score (nSPS) is 18.6. The number of likely N-dealkylation sites (tertiary alicyclic amines) is 1. The van der Waals surface area contributed by atoms with Gasteiger partial charge in [0, 0.05) is 32.0 Å². The van der Waals surface area contributed by atoms with Gasteiger partial charge in [-0.05, 0) is 37.6 Å². The number of aromatic nitrogens is 2. The van der Waals surface area contributed by atoms with Crippen LogP contribution < -0.4 is 5.32 Å². The molecule has 0 aliphatic carbocycles. The molecule has 1 fully saturated rings. The van der Waals surface area contributed by atoms with Gasteiger partial charge in [0.25, 0.3) is 0 Å². The molecular formula is C18H25FN4O2. The summed E-state index contributed by atoms with van der Waals surface area (Å²) in [6.07, 6.45) is 4.17. The average molecular weight is 348 g/mol. The lowest BCUT2D eigenvalue weighted by molar-refractivity contribution is -0.121. The monoisotopic (exact) mass is 348 g/mol. The smallest absolute Gasteiger partial charge is 0.220 e. The standard InChI is InChI=1S/C18H25FN4O2/c19-13-4-5-15-16(11-13)22-17(21-15)6-7-18(25)20-8-10-23-9-2-1-3-14(23)12-24/h4-5,11,14,24H,1-3,6-10,12H2,(H,20,25)(H,21,22)/t14-/m0/s1. The number of aryl methyl sites for hydroxylation is 1. The highest BCUT2D eigenvalue weighted by Crippen LogP contribution is 2.16. The van der Waals surface area contributed by atoms with Crippen molar-refractivity contribution in [3.8, 4) is 0 Å². The number of aliphatic hydroxyl groups excluding tert-OH is 1. The number of piperidine rings is 1. The lowest BCUT2D eigenvalue weighted by atomic mass is 10.0. The molecule has 136 valence electrons. The van der Waals surface area contributed by atoms with Crippen LogP contribution in [-0.2, 0) is 11.2 Å². The number of H-pyrrole nitrogens is 1. The molecule has 6 nitrogen and oxygen atoms in total. The average Bonchev–Trinajstić information content (AvgIpc) is 3.02. The fraction of sp³-hybridized carbons (Fsp3) is 0.556. The predicted molar refractivity (Wildman–Crippen MR) is 93.7 cm³/mol. The zero-order valence-electron chi connectivity index (χ0n) is 14.3. The molecule has 0 radical (unpaired) electrons. The Morgan fingerprint density at radius 2 is 2.32 bits per heavy atom. The molecule has 0 bridgehead atoms. The van der Waals surface area contributed by atoms with Gasteiger partial charge in [0.15, 0.2) is 0 Å². The van der Waals surface area contributed by atoms with Gasteiger partial charge in [-0.15, -0.1) is 0 Å². The number of aromatic amines is 1. The summed E-state index contributed by atoms with van der Waals surface area (Å²) >= 11 is 0. The molecule has 1 aliphatic rings. The van der Waals surface area contributed by atoms with Gasteiger partial charge in [-0.25, -0.2) is 9.37 Å². The van der Waals surface area contributed by atoms with Gasteiger partial charge in [0.2, 0.25) is 5.91 Å². The molecule has 1 aromatic carbocycles. The maximum atomic E-state index is 13.2. The van der Waals surface area contributed by atoms with Crippen molar-refractivity contribution >= 4 is 16.9 Å². The SMILES string of the molecule is O=C(CCc1nc2ccc(F)cc2[nH]1)NCCN1CCCC[C@H]1CO. The molecule has 1 aromatic heterocycles. The first kappa shape index (κ1) is 17.8. The van der Waals surface area contributed by atoms with E-state index in [1.807, 2.05) is 0 Å². The van der Waals surface area contributed by atoms with Crippen LogP contribution in [0.25, 0.3) is 11.0 Å². The third-order valence-corrected chi connectivity index (χ3v) is 4.76. The van der Waals surface area contributed by atoms with Gasteiger partial charge in [0.1, 0.15) is 11.6 Å². The highest BCUT2D eigenvalue weighted by Gasteiger charge is 2.21. The maximum absolute atomic E-state index is 13.2. The van der Waals surface area contributed by atoms with E-state index in [1.165, 1.54) is 12.1 Å². The van der Waals surface area contributed by atoms with Crippen molar-refractivity contribution in [2.45, 2.75) is 38.1 Å². The lowest BCUT2D eigenvalue weighted by Crippen LogP contribution is -2.45. The van der Waals surface area contributed by atoms with E-state index in [4.69, 9.17) is 0 Å². The third-order valence-electron chi connectivity index (χ3n) is 4.76. The van der Waals surface area contributed by atoms with Crippen molar-refractivity contribution in [2.75, 3.05) is 26.2 Å². The van der Waals surface area contributed by atoms with Crippen molar-refractivity contribution in [2.24, 2.45) is 0 Å². The number of imidazole rings is 1. The molecule has 0 unspecified atom stereocenters. The van der Waals surface area contributed by atoms with Crippen LogP contribution in [0.4, 0.5) is 4.39 Å². The van der Waals surface area contributed by atoms with E-state index in [0.29, 0.717) is 36.2 Å². The summed E-state index contributed by atoms with van der Waals surface area (Å²) in [6, 6.07) is 4.63. The molecule has 1 aliphatic heterocycles. The minimum absolute atomic E-state index is 0.0239. The number of carbonyl (C=O) groups is 1. The van der Waals surface area contributed by atoms with Gasteiger partial charge in [-0.2, -0.15) is 0 Å². The van der Waals surface area contributed by atoms with Gasteiger partial charge in [-0.1, -0.05) is 6.42 Å². The molecule has 1 amide bonds. The zero-order valence-corrected chi connectivity index (χ0v) is 14.3. The number of rotatable bonds is 7. The van der Waals surface area contributed by atoms with Crippen molar-refractivity contribution in [3.63, 3.8) is 0 Å². The van der Waals surface area contributed by atoms with Crippen molar-refractivity contribution in [3.05, 3.63) is 29.8 Å². The minimum Gasteiger partial charge on any atom is -0.395 e. The van der Waals surface area contributed by atoms with Crippen LogP contribution in [0.1, 0.15) is 31.5 Å². The Balaban J connectivity index is 1.41. The van der Waals surface area contributed by atoms with Crippen LogP contribution >= 0.6 is 0 Å². The Bertz CT molecular complexity index is 718. The molecule has 2 heterocycles. The van der Waals surface area contributed by atoms with Crippen LogP contribution in [0, 0.1) is 5.82 Å². The molecule has 1 saturated heterocycles. The number of nitrogens with one attached hydrogen (secondary N) is 2. The van der Waals surface area contributed by atoms with E-state index in [1.54, 1.807) is 6.07 Å². The van der Waals surface area contributed by atoms with E-state index in [0.717, 1.165) is 32.4 Å². The first-order valence-corrected chi connectivity index (χ1v) is 8.91. The van der Waals surface area contributed by atoms with Crippen molar-refractivity contribution < 1.29 is 14.3 Å². The summed E-state index contributed by atoms with van der Waals surface area (Å²) in [5.74, 6) is 0.357. The maximum Gasteiger partial charge on any atom is 0.220 e. The number of aliphatic hydroxyl groups is 1. The van der Waals surface area contributed by atoms with Crippen LogP contribution in [0.3, 0.4) is 0 Å². The number of hydrogen-bond acceptors (Lipinski definition) is 4. The molecule has 3 rings (SSSR count). The fourth-order valence-electron chi connectivity index (χ4n) is 3.37. The number of halogens is 1. The van der Waals surface area contributed by atoms with Crippen LogP contribution in [0.15, 0.2) is 18.2 Å². The number of hydrogen-bond donors (Lipinski definition) is 3. The van der Waals surface area contributed by atoms with Crippen LogP contribution in [-0.4, -0.2) is 58.2 Å². The second-order valence-corrected chi connectivity index (χ2v) is 6.56. The molecule has 3 N–H and O–H groups in total. The highest BCUT2D eigenvalue weighted by atomic mass is 19.1. The van der Waals surface area contributed by atoms with Crippen molar-refractivity contribution in [1.29, 1.82) is 0 Å². The highest BCUT2D eigenvalue weighted by molar-refractivity contribution is 5.77. The second-order valence-electron chi connectivity index (χ2n) is 6.56. The number of carbonyl (C=O) groups excluding carboxylic acids is 1. The Hall–Kier alpha value is -1.99. The summed E-state index contributed by atoms with van der Waals surface area (Å²) in [4.78, 5) is 21.7. The summed E-state index contributed by atoms with van der Waals surface area (Å²) in [5, 5.41) is 12.3. The predicted octanol–water partition coefficient (Wildman–Crippen LogP) is 1.60. The Morgan fingerprint density at radius 1 is 1.44 bits per heavy atom. The molecule has 25 heavy (non-hydrogen) atoms. The number of fused-ring (bicyclic) bond motifs is 1. The molecule has 2 aromatic rings. The number of amides is 1. The summed E-state index contributed by atoms with van der Waals surface area (Å²) in [6.45, 7) is 2.51. The van der Waals surface area contributed by atoms with Crippen LogP contribution in [0.5, 0.6) is 0 Å². The number of nitrogens with zero attached hydrogens (tertiary/aromatic N) is 2. The lowest BCUT2D eigenvalue weighted by Gasteiger charge is -2.34. The quantitative estimate of drug-likeness (QED) is 0.710. The fourth-order valence-corrected chi connectivity index (χ4v) is 3.37. The van der Waals surface area contributed by atoms with Gasteiger partial charge < -0.3 is 15.4 Å². The second kappa shape index (κ2) is 8.40. The molecule has 0 saturated carbocycles. The van der Waals surface area contributed by atoms with E-state index >= 15 is 0 Å². The topological polar surface area (TPSA) is 81.2 Å². The molecular weight excluding hydrogens is 323 g/mol. The Labute approximate surface area is 146 Å². The minimum atomic E-state index is -0.306. The van der Waals surface area contributed by atoms with Gasteiger partial charge in [-0.3, -0.25) is 9.69 Å². The molecule has 0 spiro atoms. The zero-order chi connectivity index (χ0) is 17.6. The van der Waals surface area contributed by atoms with E-state index < -0.39 is 0 Å². The first-order valence-electron chi connectivity index (χ1n) is 8.91. The third kappa shape index (κ3) is 4.76. The Kier molecular flexibility index (Phi) is 5.99. The van der Waals surface area contributed by atoms with E-state index in [2.05, 4.69) is 20.2 Å². The van der Waals surface area contributed by atoms with Gasteiger partial charge >= 0.3 is 0 Å². The molecule has 1 atom stereocenters. The first-order chi connectivity index (χ1) is 12.2. The number of benzene rings is 1. The van der Waals surface area contributed by atoms with Crippen molar-refractivity contribution in [1.82, 2.24) is 20.2 Å². The van der Waals surface area contributed by atoms with Gasteiger partial charge in [0.05, 0.1) is 17.6 Å². The largest absolute Gasteiger partial charge is 0.395 e. The van der Waals surface area contributed by atoms with E-state index in [-0.39, 0.29) is 24.4 Å². The summed E-state index contributed by atoms with van der Waals surface area (Å²) < 4.78 is 13.2. The summed E-state index contributed by atoms with van der Waals surface area (Å²) in [7, 11) is 0. The summed E-state index contributed by atoms with van der Waals surface area (Å²) in [5.41, 5.74) is 1.35. The van der Waals surface area contributed by atoms with E-state index in [9.17, 15) is 14.3 Å². The Morgan fingerprint density at radius 3 is 3.16 bits per heavy atom. The molecule has 7 heteroatoms.